The van der Waals surface area contributed by atoms with Crippen LogP contribution in [0.1, 0.15) is 46.5 Å². The largest absolute Gasteiger partial charge is 0.481 e. The van der Waals surface area contributed by atoms with Crippen molar-refractivity contribution in [2.45, 2.75) is 58.5 Å². The predicted octanol–water partition coefficient (Wildman–Crippen LogP) is 1.38. The van der Waals surface area contributed by atoms with E-state index in [4.69, 9.17) is 5.11 Å². The summed E-state index contributed by atoms with van der Waals surface area (Å²) in [6.45, 7) is 6.61. The molecule has 5 heteroatoms. The first-order valence-corrected chi connectivity index (χ1v) is 7.16. The number of carbonyl (C=O) groups excluding carboxylic acids is 1. The van der Waals surface area contributed by atoms with E-state index in [0.29, 0.717) is 18.9 Å². The number of carbonyl (C=O) groups is 2. The number of carboxylic acid groups (broad SMARTS) is 1. The summed E-state index contributed by atoms with van der Waals surface area (Å²) in [6, 6.07) is -0.133. The quantitative estimate of drug-likeness (QED) is 0.681. The highest BCUT2D eigenvalue weighted by Crippen LogP contribution is 2.24. The number of amides is 1. The van der Waals surface area contributed by atoms with Gasteiger partial charge in [-0.1, -0.05) is 20.3 Å². The Morgan fingerprint density at radius 1 is 1.26 bits per heavy atom. The summed E-state index contributed by atoms with van der Waals surface area (Å²) in [5, 5.41) is 15.2. The van der Waals surface area contributed by atoms with Crippen LogP contribution in [0.2, 0.25) is 0 Å². The van der Waals surface area contributed by atoms with Gasteiger partial charge in [-0.05, 0) is 32.1 Å². The third-order valence-electron chi connectivity index (χ3n) is 3.59. The molecule has 1 saturated carbocycles. The fraction of sp³-hybridized carbons (Fsp3) is 0.857. The van der Waals surface area contributed by atoms with Crippen LogP contribution in [0.25, 0.3) is 0 Å². The highest BCUT2D eigenvalue weighted by Gasteiger charge is 2.28. The molecule has 110 valence electrons. The van der Waals surface area contributed by atoms with E-state index in [2.05, 4.69) is 24.5 Å². The number of hydrogen-bond acceptors (Lipinski definition) is 3. The first kappa shape index (κ1) is 16.0. The van der Waals surface area contributed by atoms with Crippen molar-refractivity contribution in [2.24, 2.45) is 11.8 Å². The minimum absolute atomic E-state index is 0.00820. The van der Waals surface area contributed by atoms with E-state index in [9.17, 15) is 9.59 Å². The Morgan fingerprint density at radius 3 is 2.53 bits per heavy atom. The van der Waals surface area contributed by atoms with Crippen LogP contribution in [0, 0.1) is 11.8 Å². The van der Waals surface area contributed by atoms with Gasteiger partial charge in [0.25, 0.3) is 0 Å². The lowest BCUT2D eigenvalue weighted by Gasteiger charge is -2.29. The fourth-order valence-electron chi connectivity index (χ4n) is 2.45. The van der Waals surface area contributed by atoms with Crippen LogP contribution in [0.3, 0.4) is 0 Å². The first-order chi connectivity index (χ1) is 8.90. The van der Waals surface area contributed by atoms with Crippen LogP contribution >= 0.6 is 0 Å². The summed E-state index contributed by atoms with van der Waals surface area (Å²) in [5.41, 5.74) is 0. The maximum Gasteiger partial charge on any atom is 0.306 e. The molecule has 0 aromatic rings. The Bertz CT molecular complexity index is 318. The minimum atomic E-state index is -0.719. The zero-order valence-electron chi connectivity index (χ0n) is 12.1. The molecule has 19 heavy (non-hydrogen) atoms. The minimum Gasteiger partial charge on any atom is -0.481 e. The van der Waals surface area contributed by atoms with Crippen molar-refractivity contribution < 1.29 is 14.7 Å². The second-order valence-corrected chi connectivity index (χ2v) is 5.93. The Labute approximate surface area is 115 Å². The Hall–Kier alpha value is -1.10. The summed E-state index contributed by atoms with van der Waals surface area (Å²) >= 11 is 0. The van der Waals surface area contributed by atoms with Crippen LogP contribution in [-0.4, -0.2) is 35.6 Å². The van der Waals surface area contributed by atoms with Gasteiger partial charge in [0.2, 0.25) is 5.91 Å². The fourth-order valence-corrected chi connectivity index (χ4v) is 2.45. The van der Waals surface area contributed by atoms with Crippen LogP contribution in [0.4, 0.5) is 0 Å². The third kappa shape index (κ3) is 5.59. The second-order valence-electron chi connectivity index (χ2n) is 5.93. The molecule has 3 unspecified atom stereocenters. The van der Waals surface area contributed by atoms with E-state index < -0.39 is 5.97 Å². The highest BCUT2D eigenvalue weighted by atomic mass is 16.4. The lowest BCUT2D eigenvalue weighted by atomic mass is 9.85. The molecular formula is C14H26N2O3. The average molecular weight is 270 g/mol. The van der Waals surface area contributed by atoms with Crippen molar-refractivity contribution in [1.82, 2.24) is 10.6 Å². The second kappa shape index (κ2) is 7.48. The summed E-state index contributed by atoms with van der Waals surface area (Å²) < 4.78 is 0. The van der Waals surface area contributed by atoms with E-state index >= 15 is 0 Å². The van der Waals surface area contributed by atoms with Crippen LogP contribution in [0.5, 0.6) is 0 Å². The molecule has 1 aliphatic rings. The van der Waals surface area contributed by atoms with Gasteiger partial charge in [-0.3, -0.25) is 9.59 Å². The van der Waals surface area contributed by atoms with E-state index in [1.165, 1.54) is 0 Å². The molecule has 0 aromatic heterocycles. The zero-order chi connectivity index (χ0) is 14.4. The van der Waals surface area contributed by atoms with Crippen molar-refractivity contribution in [1.29, 1.82) is 0 Å². The van der Waals surface area contributed by atoms with Crippen LogP contribution in [-0.2, 0) is 9.59 Å². The van der Waals surface area contributed by atoms with E-state index in [1.54, 1.807) is 0 Å². The van der Waals surface area contributed by atoms with E-state index in [0.717, 1.165) is 19.3 Å². The third-order valence-corrected chi connectivity index (χ3v) is 3.59. The Balaban J connectivity index is 2.36. The average Bonchev–Trinajstić information content (AvgIpc) is 2.36. The molecule has 1 aliphatic carbocycles. The number of aliphatic carboxylic acids is 1. The number of carboxylic acids is 1. The Morgan fingerprint density at radius 2 is 1.95 bits per heavy atom. The normalized spacial score (nSPS) is 25.1. The number of hydrogen-bond donors (Lipinski definition) is 3. The summed E-state index contributed by atoms with van der Waals surface area (Å²) in [6.07, 6.45) is 3.24. The van der Waals surface area contributed by atoms with Crippen molar-refractivity contribution in [3.63, 3.8) is 0 Å². The van der Waals surface area contributed by atoms with Crippen molar-refractivity contribution in [3.8, 4) is 0 Å². The van der Waals surface area contributed by atoms with E-state index in [-0.39, 0.29) is 23.9 Å². The topological polar surface area (TPSA) is 78.4 Å². The molecule has 3 N–H and O–H groups in total. The molecule has 0 aliphatic heterocycles. The molecule has 1 fully saturated rings. The molecule has 1 rings (SSSR count). The molecule has 0 spiro atoms. The first-order valence-electron chi connectivity index (χ1n) is 7.16. The van der Waals surface area contributed by atoms with Crippen molar-refractivity contribution in [2.75, 3.05) is 6.54 Å². The van der Waals surface area contributed by atoms with Gasteiger partial charge < -0.3 is 15.7 Å². The maximum atomic E-state index is 11.8. The summed E-state index contributed by atoms with van der Waals surface area (Å²) in [7, 11) is 0. The van der Waals surface area contributed by atoms with Gasteiger partial charge in [0.15, 0.2) is 0 Å². The molecule has 0 aromatic carbocycles. The predicted molar refractivity (Wildman–Crippen MR) is 73.8 cm³/mol. The van der Waals surface area contributed by atoms with Crippen LogP contribution < -0.4 is 10.6 Å². The molecule has 0 saturated heterocycles. The number of nitrogens with one attached hydrogen (secondary N) is 2. The molecular weight excluding hydrogens is 244 g/mol. The molecule has 0 bridgehead atoms. The van der Waals surface area contributed by atoms with Crippen LogP contribution in [0.15, 0.2) is 0 Å². The van der Waals surface area contributed by atoms with Gasteiger partial charge in [-0.2, -0.15) is 0 Å². The van der Waals surface area contributed by atoms with Crippen molar-refractivity contribution in [3.05, 3.63) is 0 Å². The lowest BCUT2D eigenvalue weighted by Crippen LogP contribution is -2.49. The lowest BCUT2D eigenvalue weighted by molar-refractivity contribution is -0.143. The van der Waals surface area contributed by atoms with Gasteiger partial charge in [-0.25, -0.2) is 0 Å². The number of rotatable bonds is 6. The SMILES string of the molecule is CC(C)CNC(=O)C(C)NC1CCCC(C(=O)O)C1. The monoisotopic (exact) mass is 270 g/mol. The molecule has 3 atom stereocenters. The van der Waals surface area contributed by atoms with Crippen molar-refractivity contribution >= 4 is 11.9 Å². The van der Waals surface area contributed by atoms with E-state index in [1.807, 2.05) is 6.92 Å². The molecule has 1 amide bonds. The molecule has 0 radical (unpaired) electrons. The maximum absolute atomic E-state index is 11.8. The highest BCUT2D eigenvalue weighted by molar-refractivity contribution is 5.81. The summed E-state index contributed by atoms with van der Waals surface area (Å²) in [4.78, 5) is 22.8. The van der Waals surface area contributed by atoms with Gasteiger partial charge in [-0.15, -0.1) is 0 Å². The van der Waals surface area contributed by atoms with Gasteiger partial charge >= 0.3 is 5.97 Å². The summed E-state index contributed by atoms with van der Waals surface area (Å²) in [5.74, 6) is -0.561. The Kier molecular flexibility index (Phi) is 6.28. The molecule has 5 nitrogen and oxygen atoms in total. The smallest absolute Gasteiger partial charge is 0.306 e. The van der Waals surface area contributed by atoms with Gasteiger partial charge in [0.05, 0.1) is 12.0 Å². The zero-order valence-corrected chi connectivity index (χ0v) is 12.1. The standard InChI is InChI=1S/C14H26N2O3/c1-9(2)8-15-13(17)10(3)16-12-6-4-5-11(7-12)14(18)19/h9-12,16H,4-8H2,1-3H3,(H,15,17)(H,18,19). The van der Waals surface area contributed by atoms with Gasteiger partial charge in [0, 0.05) is 12.6 Å². The molecule has 0 heterocycles. The van der Waals surface area contributed by atoms with Gasteiger partial charge in [0.1, 0.15) is 0 Å².